The number of nitrogens with zero attached hydrogens (tertiary/aromatic N) is 1. The minimum atomic E-state index is -0.0930. The van der Waals surface area contributed by atoms with Crippen LogP contribution in [0, 0.1) is 40.4 Å². The van der Waals surface area contributed by atoms with E-state index >= 15 is 0 Å². The summed E-state index contributed by atoms with van der Waals surface area (Å²) >= 11 is 0. The standard InChI is InChI=1S/C20H27NO/c1-20-10-8-17-16-6-4-15(22)12-13(16)2-5-18(17)19(20)7-3-14(20)9-11-21/h2,9,15-19,22H,3-8,10,12H2,1H3/b14-9+/t15?,16-,17+,18+,19-,20+/m0/s1. The Bertz CT molecular complexity index is 569. The normalized spacial score (nSPS) is 48.9. The summed E-state index contributed by atoms with van der Waals surface area (Å²) in [6.45, 7) is 2.42. The average Bonchev–Trinajstić information content (AvgIpc) is 2.84. The van der Waals surface area contributed by atoms with Crippen LogP contribution < -0.4 is 0 Å². The second-order valence-electron chi connectivity index (χ2n) is 8.28. The van der Waals surface area contributed by atoms with Gasteiger partial charge in [0.05, 0.1) is 12.2 Å². The lowest BCUT2D eigenvalue weighted by molar-refractivity contribution is 0.0142. The predicted molar refractivity (Wildman–Crippen MR) is 86.8 cm³/mol. The minimum Gasteiger partial charge on any atom is -0.393 e. The number of aliphatic hydroxyl groups excluding tert-OH is 1. The highest BCUT2D eigenvalue weighted by atomic mass is 16.3. The molecule has 0 bridgehead atoms. The number of fused-ring (bicyclic) bond motifs is 5. The Morgan fingerprint density at radius 2 is 2.14 bits per heavy atom. The molecule has 3 fully saturated rings. The van der Waals surface area contributed by atoms with Crippen LogP contribution in [0.15, 0.2) is 23.3 Å². The van der Waals surface area contributed by atoms with Crippen LogP contribution in [0.25, 0.3) is 0 Å². The maximum atomic E-state index is 9.95. The molecule has 0 saturated heterocycles. The van der Waals surface area contributed by atoms with Crippen molar-refractivity contribution >= 4 is 0 Å². The lowest BCUT2D eigenvalue weighted by Crippen LogP contribution is -2.44. The summed E-state index contributed by atoms with van der Waals surface area (Å²) in [5, 5.41) is 19.0. The Morgan fingerprint density at radius 1 is 1.27 bits per heavy atom. The Labute approximate surface area is 133 Å². The van der Waals surface area contributed by atoms with Gasteiger partial charge in [0.2, 0.25) is 0 Å². The molecule has 0 aromatic heterocycles. The molecule has 0 aromatic carbocycles. The summed E-state index contributed by atoms with van der Waals surface area (Å²) in [7, 11) is 0. The second-order valence-corrected chi connectivity index (χ2v) is 8.28. The van der Waals surface area contributed by atoms with Gasteiger partial charge in [-0.3, -0.25) is 0 Å². The molecule has 0 spiro atoms. The van der Waals surface area contributed by atoms with Crippen molar-refractivity contribution in [2.24, 2.45) is 29.1 Å². The zero-order valence-electron chi connectivity index (χ0n) is 13.6. The molecule has 118 valence electrons. The molecule has 4 aliphatic rings. The third kappa shape index (κ3) is 2.02. The van der Waals surface area contributed by atoms with E-state index in [4.69, 9.17) is 5.26 Å². The number of rotatable bonds is 0. The van der Waals surface area contributed by atoms with E-state index in [2.05, 4.69) is 19.1 Å². The zero-order chi connectivity index (χ0) is 15.3. The first-order valence-electron chi connectivity index (χ1n) is 9.09. The Hall–Kier alpha value is -1.07. The number of hydrogen-bond acceptors (Lipinski definition) is 2. The quantitative estimate of drug-likeness (QED) is 0.533. The fourth-order valence-corrected chi connectivity index (χ4v) is 6.41. The molecule has 0 aromatic rings. The highest BCUT2D eigenvalue weighted by Gasteiger charge is 2.53. The van der Waals surface area contributed by atoms with Crippen molar-refractivity contribution in [3.8, 4) is 6.07 Å². The van der Waals surface area contributed by atoms with Gasteiger partial charge in [-0.2, -0.15) is 5.26 Å². The van der Waals surface area contributed by atoms with E-state index in [0.29, 0.717) is 0 Å². The van der Waals surface area contributed by atoms with E-state index < -0.39 is 0 Å². The van der Waals surface area contributed by atoms with Gasteiger partial charge >= 0.3 is 0 Å². The fraction of sp³-hybridized carbons (Fsp3) is 0.750. The van der Waals surface area contributed by atoms with Gasteiger partial charge in [0.15, 0.2) is 0 Å². The van der Waals surface area contributed by atoms with Crippen LogP contribution in [0.5, 0.6) is 0 Å². The van der Waals surface area contributed by atoms with Gasteiger partial charge in [-0.05, 0) is 80.5 Å². The van der Waals surface area contributed by atoms with Crippen molar-refractivity contribution < 1.29 is 5.11 Å². The predicted octanol–water partition coefficient (Wildman–Crippen LogP) is 4.37. The highest BCUT2D eigenvalue weighted by molar-refractivity contribution is 5.29. The van der Waals surface area contributed by atoms with Crippen molar-refractivity contribution in [1.82, 2.24) is 0 Å². The van der Waals surface area contributed by atoms with Gasteiger partial charge in [-0.1, -0.05) is 24.1 Å². The minimum absolute atomic E-state index is 0.0930. The van der Waals surface area contributed by atoms with Crippen molar-refractivity contribution in [3.05, 3.63) is 23.3 Å². The molecule has 1 N–H and O–H groups in total. The van der Waals surface area contributed by atoms with Crippen molar-refractivity contribution in [1.29, 1.82) is 5.26 Å². The van der Waals surface area contributed by atoms with E-state index in [0.717, 1.165) is 42.9 Å². The van der Waals surface area contributed by atoms with Gasteiger partial charge in [0, 0.05) is 6.08 Å². The fourth-order valence-electron chi connectivity index (χ4n) is 6.41. The SMILES string of the molecule is C[C@]12CC[C@H]3[C@@H](CC=C4CC(O)CC[C@@H]43)[C@@H]1CC/C2=C\C#N. The molecule has 0 amide bonds. The van der Waals surface area contributed by atoms with Gasteiger partial charge in [-0.15, -0.1) is 0 Å². The average molecular weight is 297 g/mol. The third-order valence-corrected chi connectivity index (χ3v) is 7.51. The molecule has 1 unspecified atom stereocenters. The van der Waals surface area contributed by atoms with E-state index in [1.165, 1.54) is 37.7 Å². The zero-order valence-corrected chi connectivity index (χ0v) is 13.6. The lowest BCUT2D eigenvalue weighted by atomic mass is 9.52. The number of hydrogen-bond donors (Lipinski definition) is 1. The smallest absolute Gasteiger partial charge is 0.0911 e. The van der Waals surface area contributed by atoms with Crippen molar-refractivity contribution in [2.45, 2.75) is 64.4 Å². The van der Waals surface area contributed by atoms with E-state index in [1.54, 1.807) is 5.57 Å². The van der Waals surface area contributed by atoms with Crippen LogP contribution in [-0.4, -0.2) is 11.2 Å². The van der Waals surface area contributed by atoms with Crippen LogP contribution in [0.2, 0.25) is 0 Å². The van der Waals surface area contributed by atoms with E-state index in [9.17, 15) is 5.11 Å². The largest absolute Gasteiger partial charge is 0.393 e. The van der Waals surface area contributed by atoms with Gasteiger partial charge in [0.25, 0.3) is 0 Å². The molecule has 0 heterocycles. The number of aliphatic hydroxyl groups is 1. The molecular formula is C20H27NO. The first-order chi connectivity index (χ1) is 10.6. The summed E-state index contributed by atoms with van der Waals surface area (Å²) in [6.07, 6.45) is 13.6. The molecule has 4 rings (SSSR count). The van der Waals surface area contributed by atoms with Crippen LogP contribution in [0.4, 0.5) is 0 Å². The Morgan fingerprint density at radius 3 is 2.95 bits per heavy atom. The molecule has 4 aliphatic carbocycles. The van der Waals surface area contributed by atoms with Crippen molar-refractivity contribution in [2.75, 3.05) is 0 Å². The third-order valence-electron chi connectivity index (χ3n) is 7.51. The maximum absolute atomic E-state index is 9.95. The van der Waals surface area contributed by atoms with E-state index in [-0.39, 0.29) is 11.5 Å². The molecule has 2 nitrogen and oxygen atoms in total. The molecule has 3 saturated carbocycles. The topological polar surface area (TPSA) is 44.0 Å². The Kier molecular flexibility index (Phi) is 3.46. The summed E-state index contributed by atoms with van der Waals surface area (Å²) in [5.41, 5.74) is 3.28. The molecule has 2 heteroatoms. The molecule has 22 heavy (non-hydrogen) atoms. The molecule has 6 atom stereocenters. The number of nitriles is 1. The Balaban J connectivity index is 1.63. The number of allylic oxidation sites excluding steroid dienone is 3. The lowest BCUT2D eigenvalue weighted by Gasteiger charge is -2.52. The van der Waals surface area contributed by atoms with Crippen LogP contribution >= 0.6 is 0 Å². The molecule has 0 radical (unpaired) electrons. The van der Waals surface area contributed by atoms with Crippen molar-refractivity contribution in [3.63, 3.8) is 0 Å². The first kappa shape index (κ1) is 14.5. The second kappa shape index (κ2) is 5.24. The molecule has 0 aliphatic heterocycles. The summed E-state index contributed by atoms with van der Waals surface area (Å²) in [5.74, 6) is 3.17. The monoisotopic (exact) mass is 297 g/mol. The molecular weight excluding hydrogens is 270 g/mol. The maximum Gasteiger partial charge on any atom is 0.0911 e. The highest BCUT2D eigenvalue weighted by Crippen LogP contribution is 2.63. The van der Waals surface area contributed by atoms with Crippen LogP contribution in [0.3, 0.4) is 0 Å². The summed E-state index contributed by atoms with van der Waals surface area (Å²) < 4.78 is 0. The first-order valence-corrected chi connectivity index (χ1v) is 9.09. The van der Waals surface area contributed by atoms with Crippen LogP contribution in [0.1, 0.15) is 58.3 Å². The van der Waals surface area contributed by atoms with Gasteiger partial charge < -0.3 is 5.11 Å². The van der Waals surface area contributed by atoms with Gasteiger partial charge in [-0.25, -0.2) is 0 Å². The summed E-state index contributed by atoms with van der Waals surface area (Å²) in [4.78, 5) is 0. The summed E-state index contributed by atoms with van der Waals surface area (Å²) in [6, 6.07) is 2.29. The van der Waals surface area contributed by atoms with Crippen LogP contribution in [-0.2, 0) is 0 Å². The van der Waals surface area contributed by atoms with Gasteiger partial charge in [0.1, 0.15) is 0 Å². The van der Waals surface area contributed by atoms with E-state index in [1.807, 2.05) is 6.08 Å².